The maximum atomic E-state index is 13.2. The Kier molecular flexibility index (Phi) is 8.10. The Labute approximate surface area is 182 Å². The molecule has 3 rings (SSSR count). The van der Waals surface area contributed by atoms with E-state index < -0.39 is 0 Å². The second kappa shape index (κ2) is 10.5. The van der Waals surface area contributed by atoms with Crippen LogP contribution in [0.5, 0.6) is 0 Å². The van der Waals surface area contributed by atoms with E-state index in [9.17, 15) is 4.79 Å². The van der Waals surface area contributed by atoms with Crippen molar-refractivity contribution in [1.29, 1.82) is 0 Å². The smallest absolute Gasteiger partial charge is 0.237 e. The van der Waals surface area contributed by atoms with Gasteiger partial charge < -0.3 is 4.90 Å². The van der Waals surface area contributed by atoms with Crippen LogP contribution in [0.4, 0.5) is 0 Å². The van der Waals surface area contributed by atoms with Crippen molar-refractivity contribution < 1.29 is 4.79 Å². The SMILES string of the molecule is CCCCN(CC(=O)N1CCS[C@@H]1c1ccccc1Cl)Cc1cccc(Cl)c1. The number of nitrogens with zero attached hydrogens (tertiary/aromatic N) is 2. The van der Waals surface area contributed by atoms with Crippen LogP contribution in [0.15, 0.2) is 48.5 Å². The number of rotatable bonds is 8. The third kappa shape index (κ3) is 5.66. The number of benzene rings is 2. The molecule has 0 aliphatic carbocycles. The number of carbonyl (C=O) groups is 1. The molecule has 1 amide bonds. The van der Waals surface area contributed by atoms with E-state index in [0.717, 1.165) is 59.4 Å². The zero-order valence-corrected chi connectivity index (χ0v) is 18.4. The molecule has 0 N–H and O–H groups in total. The molecule has 0 saturated carbocycles. The third-order valence-corrected chi connectivity index (χ3v) is 6.69. The van der Waals surface area contributed by atoms with Gasteiger partial charge in [0.05, 0.1) is 6.54 Å². The van der Waals surface area contributed by atoms with Gasteiger partial charge in [-0.05, 0) is 36.7 Å². The molecule has 2 aromatic rings. The first-order valence-corrected chi connectivity index (χ1v) is 11.5. The summed E-state index contributed by atoms with van der Waals surface area (Å²) in [6, 6.07) is 15.7. The fraction of sp³-hybridized carbons (Fsp3) is 0.409. The van der Waals surface area contributed by atoms with Gasteiger partial charge in [0.1, 0.15) is 5.37 Å². The highest BCUT2D eigenvalue weighted by Gasteiger charge is 2.32. The topological polar surface area (TPSA) is 23.6 Å². The first kappa shape index (κ1) is 21.5. The van der Waals surface area contributed by atoms with Crippen molar-refractivity contribution in [2.24, 2.45) is 0 Å². The largest absolute Gasteiger partial charge is 0.325 e. The van der Waals surface area contributed by atoms with Gasteiger partial charge in [0.25, 0.3) is 0 Å². The molecule has 2 aromatic carbocycles. The molecule has 1 atom stereocenters. The molecular weight excluding hydrogens is 411 g/mol. The first-order chi connectivity index (χ1) is 13.6. The molecule has 1 aliphatic rings. The van der Waals surface area contributed by atoms with Crippen LogP contribution in [0, 0.1) is 0 Å². The molecule has 1 aliphatic heterocycles. The Bertz CT molecular complexity index is 802. The van der Waals surface area contributed by atoms with Crippen molar-refractivity contribution in [3.8, 4) is 0 Å². The number of carbonyl (C=O) groups excluding carboxylic acids is 1. The standard InChI is InChI=1S/C22H26Cl2N2OS/c1-2-3-11-25(15-17-7-6-8-18(23)14-17)16-21(27)26-12-13-28-22(26)19-9-4-5-10-20(19)24/h4-10,14,22H,2-3,11-13,15-16H2,1H3/t22-/m1/s1. The minimum atomic E-state index is 0.000366. The van der Waals surface area contributed by atoms with Crippen LogP contribution in [0.3, 0.4) is 0 Å². The van der Waals surface area contributed by atoms with Gasteiger partial charge in [-0.15, -0.1) is 11.8 Å². The third-order valence-electron chi connectivity index (χ3n) is 4.86. The Morgan fingerprint density at radius 3 is 2.79 bits per heavy atom. The molecule has 0 unspecified atom stereocenters. The lowest BCUT2D eigenvalue weighted by Gasteiger charge is -2.29. The molecular formula is C22H26Cl2N2OS. The highest BCUT2D eigenvalue weighted by Crippen LogP contribution is 2.40. The molecule has 150 valence electrons. The summed E-state index contributed by atoms with van der Waals surface area (Å²) in [5.74, 6) is 1.10. The number of hydrogen-bond donors (Lipinski definition) is 0. The fourth-order valence-electron chi connectivity index (χ4n) is 3.43. The summed E-state index contributed by atoms with van der Waals surface area (Å²) in [7, 11) is 0. The molecule has 1 fully saturated rings. The van der Waals surface area contributed by atoms with Gasteiger partial charge in [-0.3, -0.25) is 9.69 Å². The molecule has 28 heavy (non-hydrogen) atoms. The van der Waals surface area contributed by atoms with Gasteiger partial charge in [-0.1, -0.05) is 66.9 Å². The zero-order valence-electron chi connectivity index (χ0n) is 16.1. The van der Waals surface area contributed by atoms with E-state index in [1.807, 2.05) is 47.4 Å². The van der Waals surface area contributed by atoms with Crippen LogP contribution in [0.1, 0.15) is 36.3 Å². The van der Waals surface area contributed by atoms with Crippen LogP contribution < -0.4 is 0 Å². The van der Waals surface area contributed by atoms with Crippen molar-refractivity contribution in [1.82, 2.24) is 9.80 Å². The highest BCUT2D eigenvalue weighted by molar-refractivity contribution is 7.99. The van der Waals surface area contributed by atoms with Gasteiger partial charge in [0.15, 0.2) is 0 Å². The molecule has 1 saturated heterocycles. The lowest BCUT2D eigenvalue weighted by Crippen LogP contribution is -2.40. The van der Waals surface area contributed by atoms with Crippen LogP contribution in [0.2, 0.25) is 10.0 Å². The molecule has 0 spiro atoms. The second-order valence-corrected chi connectivity index (χ2v) is 9.06. The zero-order chi connectivity index (χ0) is 19.9. The number of hydrogen-bond acceptors (Lipinski definition) is 3. The van der Waals surface area contributed by atoms with Crippen molar-refractivity contribution in [2.45, 2.75) is 31.7 Å². The normalized spacial score (nSPS) is 16.7. The van der Waals surface area contributed by atoms with E-state index in [1.54, 1.807) is 11.8 Å². The Morgan fingerprint density at radius 2 is 2.04 bits per heavy atom. The average Bonchev–Trinajstić information content (AvgIpc) is 3.16. The molecule has 0 radical (unpaired) electrons. The van der Waals surface area contributed by atoms with Crippen LogP contribution in [0.25, 0.3) is 0 Å². The molecule has 3 nitrogen and oxygen atoms in total. The summed E-state index contributed by atoms with van der Waals surface area (Å²) in [6.45, 7) is 4.96. The Balaban J connectivity index is 1.70. The fourth-order valence-corrected chi connectivity index (χ4v) is 5.26. The highest BCUT2D eigenvalue weighted by atomic mass is 35.5. The molecule has 0 aromatic heterocycles. The number of amides is 1. The molecule has 1 heterocycles. The van der Waals surface area contributed by atoms with Crippen molar-refractivity contribution in [2.75, 3.05) is 25.4 Å². The average molecular weight is 437 g/mol. The van der Waals surface area contributed by atoms with E-state index >= 15 is 0 Å². The lowest BCUT2D eigenvalue weighted by atomic mass is 10.2. The van der Waals surface area contributed by atoms with E-state index in [1.165, 1.54) is 0 Å². The summed E-state index contributed by atoms with van der Waals surface area (Å²) >= 11 is 14.3. The maximum Gasteiger partial charge on any atom is 0.237 e. The van der Waals surface area contributed by atoms with Crippen LogP contribution in [-0.4, -0.2) is 41.1 Å². The van der Waals surface area contributed by atoms with Crippen molar-refractivity contribution in [3.05, 3.63) is 69.7 Å². The summed E-state index contributed by atoms with van der Waals surface area (Å²) in [4.78, 5) is 17.4. The van der Waals surface area contributed by atoms with E-state index in [2.05, 4.69) is 17.9 Å². The number of unbranched alkanes of at least 4 members (excludes halogenated alkanes) is 1. The predicted molar refractivity (Wildman–Crippen MR) is 120 cm³/mol. The monoisotopic (exact) mass is 436 g/mol. The van der Waals surface area contributed by atoms with Gasteiger partial charge >= 0.3 is 0 Å². The van der Waals surface area contributed by atoms with E-state index in [-0.39, 0.29) is 11.3 Å². The number of thioether (sulfide) groups is 1. The molecule has 6 heteroatoms. The van der Waals surface area contributed by atoms with E-state index in [0.29, 0.717) is 6.54 Å². The quantitative estimate of drug-likeness (QED) is 0.516. The minimum Gasteiger partial charge on any atom is -0.325 e. The lowest BCUT2D eigenvalue weighted by molar-refractivity contribution is -0.132. The summed E-state index contributed by atoms with van der Waals surface area (Å²) < 4.78 is 0. The van der Waals surface area contributed by atoms with Crippen molar-refractivity contribution in [3.63, 3.8) is 0 Å². The number of halogens is 2. The molecule has 0 bridgehead atoms. The van der Waals surface area contributed by atoms with Gasteiger partial charge in [0, 0.05) is 34.5 Å². The van der Waals surface area contributed by atoms with Crippen LogP contribution >= 0.6 is 35.0 Å². The van der Waals surface area contributed by atoms with Gasteiger partial charge in [-0.25, -0.2) is 0 Å². The Morgan fingerprint density at radius 1 is 1.21 bits per heavy atom. The minimum absolute atomic E-state index is 0.000366. The van der Waals surface area contributed by atoms with Gasteiger partial charge in [0.2, 0.25) is 5.91 Å². The second-order valence-electron chi connectivity index (χ2n) is 7.03. The Hall–Kier alpha value is -1.20. The summed E-state index contributed by atoms with van der Waals surface area (Å²) in [5.41, 5.74) is 2.16. The van der Waals surface area contributed by atoms with Crippen molar-refractivity contribution >= 4 is 40.9 Å². The predicted octanol–water partition coefficient (Wildman–Crippen LogP) is 5.87. The van der Waals surface area contributed by atoms with Gasteiger partial charge in [-0.2, -0.15) is 0 Å². The summed E-state index contributed by atoms with van der Waals surface area (Å²) in [6.07, 6.45) is 2.17. The van der Waals surface area contributed by atoms with E-state index in [4.69, 9.17) is 23.2 Å². The first-order valence-electron chi connectivity index (χ1n) is 9.70. The van der Waals surface area contributed by atoms with Crippen LogP contribution in [-0.2, 0) is 11.3 Å². The maximum absolute atomic E-state index is 13.2. The summed E-state index contributed by atoms with van der Waals surface area (Å²) in [5, 5.41) is 1.45.